The van der Waals surface area contributed by atoms with E-state index in [-0.39, 0.29) is 12.0 Å². The van der Waals surface area contributed by atoms with Gasteiger partial charge in [0.15, 0.2) is 12.1 Å². The summed E-state index contributed by atoms with van der Waals surface area (Å²) in [6.07, 6.45) is 0.780. The minimum atomic E-state index is -0.283. The molecule has 2 aromatic carbocycles. The number of benzene rings is 2. The lowest BCUT2D eigenvalue weighted by molar-refractivity contribution is -0.00144. The van der Waals surface area contributed by atoms with Crippen LogP contribution < -0.4 is 5.48 Å². The maximum absolute atomic E-state index is 13.2. The molecule has 0 radical (unpaired) electrons. The summed E-state index contributed by atoms with van der Waals surface area (Å²) in [4.78, 5) is 10.2. The highest BCUT2D eigenvalue weighted by molar-refractivity contribution is 5.98. The first-order valence-corrected chi connectivity index (χ1v) is 8.23. The maximum Gasteiger partial charge on any atom is 0.182 e. The molecule has 1 N–H and O–H groups in total. The molecule has 2 unspecified atom stereocenters. The third kappa shape index (κ3) is 3.71. The van der Waals surface area contributed by atoms with Crippen LogP contribution in [0.25, 0.3) is 0 Å². The van der Waals surface area contributed by atoms with E-state index in [1.165, 1.54) is 12.1 Å². The minimum absolute atomic E-state index is 0.190. The fourth-order valence-electron chi connectivity index (χ4n) is 2.83. The molecule has 1 saturated heterocycles. The Labute approximate surface area is 145 Å². The third-order valence-corrected chi connectivity index (χ3v) is 4.23. The van der Waals surface area contributed by atoms with Crippen molar-refractivity contribution in [2.24, 2.45) is 10.9 Å². The Balaban J connectivity index is 1.46. The summed E-state index contributed by atoms with van der Waals surface area (Å²) in [5.41, 5.74) is 5.35. The van der Waals surface area contributed by atoms with E-state index in [0.29, 0.717) is 18.1 Å². The summed E-state index contributed by atoms with van der Waals surface area (Å²) >= 11 is 0. The fraction of sp³-hybridized carbons (Fsp3) is 0.250. The van der Waals surface area contributed by atoms with Gasteiger partial charge in [-0.1, -0.05) is 17.9 Å². The Bertz CT molecular complexity index is 846. The smallest absolute Gasteiger partial charge is 0.182 e. The molecule has 0 amide bonds. The van der Waals surface area contributed by atoms with Crippen molar-refractivity contribution in [3.05, 3.63) is 71.0 Å². The Hall–Kier alpha value is -2.68. The van der Waals surface area contributed by atoms with Crippen LogP contribution in [-0.4, -0.2) is 25.3 Å². The van der Waals surface area contributed by atoms with Gasteiger partial charge in [0, 0.05) is 29.2 Å². The van der Waals surface area contributed by atoms with Gasteiger partial charge in [-0.15, -0.1) is 0 Å². The Morgan fingerprint density at radius 1 is 1.08 bits per heavy atom. The number of rotatable bonds is 2. The average molecular weight is 336 g/mol. The van der Waals surface area contributed by atoms with Gasteiger partial charge in [0.2, 0.25) is 0 Å². The van der Waals surface area contributed by atoms with Crippen LogP contribution in [0.5, 0.6) is 0 Å². The lowest BCUT2D eigenvalue weighted by atomic mass is 10.1. The number of nitrogens with one attached hydrogen (secondary N) is 1. The van der Waals surface area contributed by atoms with Crippen LogP contribution in [0.4, 0.5) is 4.39 Å². The molecular weight excluding hydrogens is 319 g/mol. The van der Waals surface area contributed by atoms with Crippen molar-refractivity contribution in [2.45, 2.75) is 12.6 Å². The van der Waals surface area contributed by atoms with Crippen molar-refractivity contribution in [2.75, 3.05) is 13.2 Å². The standard InChI is InChI=1S/C20H17FN2O2/c21-18-3-1-2-15(12-18)5-4-14-6-8-16(9-7-14)19-22-20(25-23-19)17-10-11-24-13-17/h1-3,6-9,12,17,20H,10-11,13H2,(H,22,23). The summed E-state index contributed by atoms with van der Waals surface area (Å²) in [6, 6.07) is 14.0. The van der Waals surface area contributed by atoms with Crippen molar-refractivity contribution in [3.63, 3.8) is 0 Å². The predicted octanol–water partition coefficient (Wildman–Crippen LogP) is 2.87. The first kappa shape index (κ1) is 15.8. The van der Waals surface area contributed by atoms with Crippen LogP contribution >= 0.6 is 0 Å². The fourth-order valence-corrected chi connectivity index (χ4v) is 2.83. The zero-order valence-electron chi connectivity index (χ0n) is 13.5. The summed E-state index contributed by atoms with van der Waals surface area (Å²) in [6.45, 7) is 1.46. The number of halogens is 1. The quantitative estimate of drug-likeness (QED) is 0.858. The first-order valence-electron chi connectivity index (χ1n) is 8.23. The molecule has 0 saturated carbocycles. The van der Waals surface area contributed by atoms with Gasteiger partial charge in [0.25, 0.3) is 0 Å². The SMILES string of the molecule is Fc1cccc(C#Cc2ccc(C3=NC(C4CCOC4)ON3)cc2)c1. The largest absolute Gasteiger partial charge is 0.381 e. The second-order valence-electron chi connectivity index (χ2n) is 6.05. The highest BCUT2D eigenvalue weighted by Gasteiger charge is 2.30. The molecule has 0 aliphatic carbocycles. The molecule has 0 spiro atoms. The van der Waals surface area contributed by atoms with E-state index in [2.05, 4.69) is 22.3 Å². The normalized spacial score (nSPS) is 22.0. The lowest BCUT2D eigenvalue weighted by Crippen LogP contribution is -2.23. The van der Waals surface area contributed by atoms with Gasteiger partial charge >= 0.3 is 0 Å². The zero-order chi connectivity index (χ0) is 17.1. The molecule has 4 rings (SSSR count). The highest BCUT2D eigenvalue weighted by Crippen LogP contribution is 2.23. The van der Waals surface area contributed by atoms with Crippen molar-refractivity contribution in [3.8, 4) is 11.8 Å². The number of amidine groups is 1. The Morgan fingerprint density at radius 3 is 2.68 bits per heavy atom. The number of hydrogen-bond acceptors (Lipinski definition) is 4. The van der Waals surface area contributed by atoms with Crippen LogP contribution in [0.2, 0.25) is 0 Å². The number of hydroxylamine groups is 1. The van der Waals surface area contributed by atoms with E-state index in [1.807, 2.05) is 24.3 Å². The van der Waals surface area contributed by atoms with Gasteiger partial charge in [-0.3, -0.25) is 0 Å². The minimum Gasteiger partial charge on any atom is -0.381 e. The van der Waals surface area contributed by atoms with Gasteiger partial charge < -0.3 is 4.74 Å². The molecule has 0 bridgehead atoms. The summed E-state index contributed by atoms with van der Waals surface area (Å²) < 4.78 is 18.5. The van der Waals surface area contributed by atoms with Crippen LogP contribution in [0.1, 0.15) is 23.1 Å². The van der Waals surface area contributed by atoms with E-state index in [0.717, 1.165) is 30.0 Å². The van der Waals surface area contributed by atoms with E-state index < -0.39 is 0 Å². The van der Waals surface area contributed by atoms with E-state index >= 15 is 0 Å². The van der Waals surface area contributed by atoms with Crippen molar-refractivity contribution >= 4 is 5.84 Å². The molecule has 126 valence electrons. The summed E-state index contributed by atoms with van der Waals surface area (Å²) in [5.74, 6) is 6.74. The first-order chi connectivity index (χ1) is 12.3. The molecular formula is C20H17FN2O2. The molecule has 2 aliphatic heterocycles. The van der Waals surface area contributed by atoms with Crippen LogP contribution in [0, 0.1) is 23.6 Å². The predicted molar refractivity (Wildman–Crippen MR) is 92.3 cm³/mol. The van der Waals surface area contributed by atoms with Crippen LogP contribution in [0.15, 0.2) is 53.5 Å². The molecule has 2 aliphatic rings. The van der Waals surface area contributed by atoms with Crippen LogP contribution in [0.3, 0.4) is 0 Å². The monoisotopic (exact) mass is 336 g/mol. The summed E-state index contributed by atoms with van der Waals surface area (Å²) in [5, 5.41) is 0. The molecule has 1 fully saturated rings. The molecule has 2 aromatic rings. The van der Waals surface area contributed by atoms with Crippen molar-refractivity contribution in [1.29, 1.82) is 0 Å². The molecule has 2 atom stereocenters. The topological polar surface area (TPSA) is 42.9 Å². The van der Waals surface area contributed by atoms with E-state index in [9.17, 15) is 4.39 Å². The van der Waals surface area contributed by atoms with Crippen molar-refractivity contribution in [1.82, 2.24) is 5.48 Å². The number of ether oxygens (including phenoxy) is 1. The Morgan fingerprint density at radius 2 is 1.92 bits per heavy atom. The van der Waals surface area contributed by atoms with Gasteiger partial charge in [0.05, 0.1) is 6.61 Å². The molecule has 5 heteroatoms. The van der Waals surface area contributed by atoms with Gasteiger partial charge in [-0.05, 0) is 48.9 Å². The van der Waals surface area contributed by atoms with Gasteiger partial charge in [-0.25, -0.2) is 19.7 Å². The number of hydrogen-bond donors (Lipinski definition) is 1. The number of aliphatic imine (C=N–C) groups is 1. The molecule has 2 heterocycles. The second kappa shape index (κ2) is 7.06. The highest BCUT2D eigenvalue weighted by atomic mass is 19.1. The maximum atomic E-state index is 13.2. The average Bonchev–Trinajstić information content (AvgIpc) is 3.32. The van der Waals surface area contributed by atoms with E-state index in [4.69, 9.17) is 9.57 Å². The van der Waals surface area contributed by atoms with Gasteiger partial charge in [-0.2, -0.15) is 0 Å². The molecule has 0 aromatic heterocycles. The van der Waals surface area contributed by atoms with Crippen molar-refractivity contribution < 1.29 is 14.0 Å². The number of nitrogens with zero attached hydrogens (tertiary/aromatic N) is 1. The van der Waals surface area contributed by atoms with Crippen LogP contribution in [-0.2, 0) is 9.57 Å². The molecule has 25 heavy (non-hydrogen) atoms. The molecule has 4 nitrogen and oxygen atoms in total. The summed E-state index contributed by atoms with van der Waals surface area (Å²) in [7, 11) is 0. The lowest BCUT2D eigenvalue weighted by Gasteiger charge is -2.10. The van der Waals surface area contributed by atoms with E-state index in [1.54, 1.807) is 12.1 Å². The van der Waals surface area contributed by atoms with Gasteiger partial charge in [0.1, 0.15) is 5.82 Å². The third-order valence-electron chi connectivity index (χ3n) is 4.23. The second-order valence-corrected chi connectivity index (χ2v) is 6.05. The Kier molecular flexibility index (Phi) is 4.47. The zero-order valence-corrected chi connectivity index (χ0v) is 13.5.